The lowest BCUT2D eigenvalue weighted by Crippen LogP contribution is -2.37. The molecule has 1 amide bonds. The summed E-state index contributed by atoms with van der Waals surface area (Å²) in [5, 5.41) is 11.5. The first-order chi connectivity index (χ1) is 8.01. The quantitative estimate of drug-likeness (QED) is 0.679. The fraction of sp³-hybridized carbons (Fsp3) is 0.846. The van der Waals surface area contributed by atoms with Crippen molar-refractivity contribution in [2.75, 3.05) is 0 Å². The average molecular weight is 239 g/mol. The van der Waals surface area contributed by atoms with E-state index in [1.54, 1.807) is 0 Å². The zero-order valence-corrected chi connectivity index (χ0v) is 11.2. The molecule has 0 spiro atoms. The van der Waals surface area contributed by atoms with E-state index >= 15 is 0 Å². The van der Waals surface area contributed by atoms with Crippen LogP contribution < -0.4 is 11.1 Å². The van der Waals surface area contributed by atoms with Crippen LogP contribution in [-0.4, -0.2) is 18.0 Å². The summed E-state index contributed by atoms with van der Waals surface area (Å²) >= 11 is 0. The largest absolute Gasteiger partial charge is 0.352 e. The lowest BCUT2D eigenvalue weighted by atomic mass is 10.0. The third-order valence-corrected chi connectivity index (χ3v) is 2.92. The number of nitrogens with two attached hydrogens (primary N) is 1. The highest BCUT2D eigenvalue weighted by atomic mass is 16.1. The molecule has 0 fully saturated rings. The topological polar surface area (TPSA) is 78.9 Å². The highest BCUT2D eigenvalue weighted by Gasteiger charge is 2.16. The maximum atomic E-state index is 11.8. The fourth-order valence-electron chi connectivity index (χ4n) is 1.63. The summed E-state index contributed by atoms with van der Waals surface area (Å²) in [6.45, 7) is 5.88. The second-order valence-electron chi connectivity index (χ2n) is 4.79. The summed E-state index contributed by atoms with van der Waals surface area (Å²) in [4.78, 5) is 11.8. The number of carbonyl (C=O) groups excluding carboxylic acids is 1. The smallest absolute Gasteiger partial charge is 0.223 e. The van der Waals surface area contributed by atoms with Crippen molar-refractivity contribution in [3.8, 4) is 6.07 Å². The standard InChI is InChI=1S/C13H25N3O/c1-4-12(8-9-14)16-13(17)10(2)6-5-7-11(3)15/h10-12H,4-8,15H2,1-3H3,(H,16,17). The van der Waals surface area contributed by atoms with Crippen molar-refractivity contribution in [2.45, 2.75) is 65.0 Å². The minimum atomic E-state index is -0.0108. The first-order valence-electron chi connectivity index (χ1n) is 6.44. The maximum Gasteiger partial charge on any atom is 0.223 e. The minimum Gasteiger partial charge on any atom is -0.352 e. The molecule has 0 radical (unpaired) electrons. The lowest BCUT2D eigenvalue weighted by Gasteiger charge is -2.17. The van der Waals surface area contributed by atoms with E-state index in [9.17, 15) is 4.79 Å². The molecule has 17 heavy (non-hydrogen) atoms. The molecule has 98 valence electrons. The predicted octanol–water partition coefficient (Wildman–Crippen LogP) is 1.95. The molecule has 0 aromatic carbocycles. The molecule has 0 aliphatic rings. The number of nitrogens with zero attached hydrogens (tertiary/aromatic N) is 1. The summed E-state index contributed by atoms with van der Waals surface area (Å²) in [5.41, 5.74) is 5.66. The molecule has 0 bridgehead atoms. The molecule has 0 heterocycles. The molecule has 3 unspecified atom stereocenters. The first kappa shape index (κ1) is 15.9. The molecule has 3 atom stereocenters. The van der Waals surface area contributed by atoms with Crippen LogP contribution in [0.15, 0.2) is 0 Å². The molecule has 4 nitrogen and oxygen atoms in total. The highest BCUT2D eigenvalue weighted by Crippen LogP contribution is 2.10. The van der Waals surface area contributed by atoms with E-state index in [-0.39, 0.29) is 23.9 Å². The highest BCUT2D eigenvalue weighted by molar-refractivity contribution is 5.78. The second-order valence-corrected chi connectivity index (χ2v) is 4.79. The number of carbonyl (C=O) groups is 1. The Morgan fingerprint density at radius 2 is 2.06 bits per heavy atom. The van der Waals surface area contributed by atoms with E-state index in [1.807, 2.05) is 20.8 Å². The Hall–Kier alpha value is -1.08. The molecule has 0 rings (SSSR count). The van der Waals surface area contributed by atoms with Gasteiger partial charge < -0.3 is 11.1 Å². The van der Waals surface area contributed by atoms with E-state index in [2.05, 4.69) is 11.4 Å². The van der Waals surface area contributed by atoms with Crippen LogP contribution in [0.4, 0.5) is 0 Å². The third-order valence-electron chi connectivity index (χ3n) is 2.92. The monoisotopic (exact) mass is 239 g/mol. The Kier molecular flexibility index (Phi) is 8.43. The molecule has 0 saturated heterocycles. The van der Waals surface area contributed by atoms with E-state index in [4.69, 9.17) is 11.0 Å². The zero-order chi connectivity index (χ0) is 13.3. The average Bonchev–Trinajstić information content (AvgIpc) is 2.27. The van der Waals surface area contributed by atoms with Crippen LogP contribution in [0.3, 0.4) is 0 Å². The van der Waals surface area contributed by atoms with Gasteiger partial charge in [-0.1, -0.05) is 20.3 Å². The molecule has 0 aromatic heterocycles. The summed E-state index contributed by atoms with van der Waals surface area (Å²) in [6.07, 6.45) is 3.96. The van der Waals surface area contributed by atoms with Crippen molar-refractivity contribution >= 4 is 5.91 Å². The van der Waals surface area contributed by atoms with E-state index < -0.39 is 0 Å². The molecule has 0 aliphatic heterocycles. The third kappa shape index (κ3) is 7.76. The van der Waals surface area contributed by atoms with Crippen molar-refractivity contribution in [3.63, 3.8) is 0 Å². The Morgan fingerprint density at radius 1 is 1.41 bits per heavy atom. The number of nitrogens with one attached hydrogen (secondary N) is 1. The van der Waals surface area contributed by atoms with Crippen LogP contribution in [0.1, 0.15) is 52.9 Å². The van der Waals surface area contributed by atoms with Gasteiger partial charge in [0.25, 0.3) is 0 Å². The van der Waals surface area contributed by atoms with Gasteiger partial charge >= 0.3 is 0 Å². The molecule has 3 N–H and O–H groups in total. The lowest BCUT2D eigenvalue weighted by molar-refractivity contribution is -0.125. The van der Waals surface area contributed by atoms with Gasteiger partial charge in [0.1, 0.15) is 0 Å². The van der Waals surface area contributed by atoms with Gasteiger partial charge in [0.05, 0.1) is 12.5 Å². The van der Waals surface area contributed by atoms with Crippen molar-refractivity contribution in [2.24, 2.45) is 11.7 Å². The van der Waals surface area contributed by atoms with Gasteiger partial charge in [-0.3, -0.25) is 4.79 Å². The Bertz CT molecular complexity index is 258. The summed E-state index contributed by atoms with van der Waals surface area (Å²) in [5.74, 6) is 0.0540. The van der Waals surface area contributed by atoms with Crippen molar-refractivity contribution in [3.05, 3.63) is 0 Å². The normalized spacial score (nSPS) is 15.7. The van der Waals surface area contributed by atoms with Crippen LogP contribution in [-0.2, 0) is 4.79 Å². The van der Waals surface area contributed by atoms with E-state index in [0.29, 0.717) is 6.42 Å². The van der Waals surface area contributed by atoms with Crippen molar-refractivity contribution in [1.82, 2.24) is 5.32 Å². The molecule has 0 aromatic rings. The Labute approximate surface area is 105 Å². The molecule has 0 aliphatic carbocycles. The fourth-order valence-corrected chi connectivity index (χ4v) is 1.63. The number of hydrogen-bond acceptors (Lipinski definition) is 3. The molecular formula is C13H25N3O. The van der Waals surface area contributed by atoms with E-state index in [1.165, 1.54) is 0 Å². The Morgan fingerprint density at radius 3 is 2.53 bits per heavy atom. The van der Waals surface area contributed by atoms with Crippen molar-refractivity contribution < 1.29 is 4.79 Å². The van der Waals surface area contributed by atoms with Gasteiger partial charge in [-0.15, -0.1) is 0 Å². The second kappa shape index (κ2) is 9.00. The number of nitriles is 1. The molecule has 4 heteroatoms. The van der Waals surface area contributed by atoms with Gasteiger partial charge in [0, 0.05) is 18.0 Å². The maximum absolute atomic E-state index is 11.8. The van der Waals surface area contributed by atoms with Crippen molar-refractivity contribution in [1.29, 1.82) is 5.26 Å². The first-order valence-corrected chi connectivity index (χ1v) is 6.44. The van der Waals surface area contributed by atoms with Crippen LogP contribution in [0, 0.1) is 17.2 Å². The molecular weight excluding hydrogens is 214 g/mol. The number of rotatable bonds is 8. The van der Waals surface area contributed by atoms with Gasteiger partial charge in [0.2, 0.25) is 5.91 Å². The number of amides is 1. The Balaban J connectivity index is 3.92. The van der Waals surface area contributed by atoms with Crippen LogP contribution in [0.2, 0.25) is 0 Å². The summed E-state index contributed by atoms with van der Waals surface area (Å²) < 4.78 is 0. The van der Waals surface area contributed by atoms with Gasteiger partial charge in [-0.05, 0) is 26.2 Å². The summed E-state index contributed by atoms with van der Waals surface area (Å²) in [7, 11) is 0. The minimum absolute atomic E-state index is 0.00138. The SMILES string of the molecule is CCC(CC#N)NC(=O)C(C)CCCC(C)N. The van der Waals surface area contributed by atoms with Crippen LogP contribution in [0.5, 0.6) is 0 Å². The summed E-state index contributed by atoms with van der Waals surface area (Å²) in [6, 6.07) is 2.28. The number of hydrogen-bond donors (Lipinski definition) is 2. The van der Waals surface area contributed by atoms with Gasteiger partial charge in [0.15, 0.2) is 0 Å². The predicted molar refractivity (Wildman–Crippen MR) is 69.1 cm³/mol. The zero-order valence-electron chi connectivity index (χ0n) is 11.2. The van der Waals surface area contributed by atoms with Gasteiger partial charge in [-0.25, -0.2) is 0 Å². The van der Waals surface area contributed by atoms with E-state index in [0.717, 1.165) is 25.7 Å². The molecule has 0 saturated carbocycles. The van der Waals surface area contributed by atoms with Gasteiger partial charge in [-0.2, -0.15) is 5.26 Å². The van der Waals surface area contributed by atoms with Crippen LogP contribution >= 0.6 is 0 Å². The van der Waals surface area contributed by atoms with Crippen LogP contribution in [0.25, 0.3) is 0 Å².